The molecule has 0 spiro atoms. The van der Waals surface area contributed by atoms with Crippen molar-refractivity contribution in [1.82, 2.24) is 30.1 Å². The molecular weight excluding hydrogens is 332 g/mol. The maximum absolute atomic E-state index is 5.43. The van der Waals surface area contributed by atoms with Crippen LogP contribution in [0.1, 0.15) is 23.9 Å². The van der Waals surface area contributed by atoms with E-state index >= 15 is 0 Å². The number of para-hydroxylation sites is 1. The number of pyridine rings is 1. The van der Waals surface area contributed by atoms with Crippen LogP contribution >= 0.6 is 0 Å². The van der Waals surface area contributed by atoms with Crippen LogP contribution in [-0.2, 0) is 4.74 Å². The fourth-order valence-corrected chi connectivity index (χ4v) is 3.25. The fraction of sp³-hybridized carbons (Fsp3) is 0.278. The number of hydrogen-bond acceptors (Lipinski definition) is 7. The standard InChI is InChI=1S/C18H16N6O2/c1-11-15(18-20-17(22-26-18)13-7-9-25-10-13)21-23-24(11)14-6-2-4-12-5-3-8-19-16(12)14/h2-6,8,13H,7,9-10H2,1H3/t13-/m1/s1. The van der Waals surface area contributed by atoms with Crippen LogP contribution < -0.4 is 0 Å². The number of nitrogens with zero attached hydrogens (tertiary/aromatic N) is 6. The van der Waals surface area contributed by atoms with Crippen molar-refractivity contribution in [2.45, 2.75) is 19.3 Å². The molecule has 1 fully saturated rings. The van der Waals surface area contributed by atoms with Crippen molar-refractivity contribution in [1.29, 1.82) is 0 Å². The van der Waals surface area contributed by atoms with Gasteiger partial charge in [0.2, 0.25) is 0 Å². The molecule has 0 saturated carbocycles. The molecule has 26 heavy (non-hydrogen) atoms. The molecule has 8 heteroatoms. The van der Waals surface area contributed by atoms with Gasteiger partial charge in [-0.15, -0.1) is 5.10 Å². The van der Waals surface area contributed by atoms with Gasteiger partial charge in [-0.3, -0.25) is 4.98 Å². The van der Waals surface area contributed by atoms with Crippen molar-refractivity contribution in [2.75, 3.05) is 13.2 Å². The molecule has 1 atom stereocenters. The average Bonchev–Trinajstić information content (AvgIpc) is 3.41. The molecule has 130 valence electrons. The summed E-state index contributed by atoms with van der Waals surface area (Å²) in [5.41, 5.74) is 3.13. The molecule has 0 unspecified atom stereocenters. The van der Waals surface area contributed by atoms with Gasteiger partial charge in [-0.05, 0) is 25.5 Å². The number of fused-ring (bicyclic) bond motifs is 1. The van der Waals surface area contributed by atoms with Crippen molar-refractivity contribution < 1.29 is 9.26 Å². The lowest BCUT2D eigenvalue weighted by Gasteiger charge is -2.06. The molecule has 4 aromatic rings. The maximum Gasteiger partial charge on any atom is 0.280 e. The SMILES string of the molecule is Cc1c(-c2nc([C@@H]3CCOC3)no2)nnn1-c1cccc2cccnc12. The van der Waals surface area contributed by atoms with Crippen LogP contribution in [0.25, 0.3) is 28.2 Å². The summed E-state index contributed by atoms with van der Waals surface area (Å²) in [7, 11) is 0. The Morgan fingerprint density at radius 1 is 1.19 bits per heavy atom. The number of ether oxygens (including phenoxy) is 1. The van der Waals surface area contributed by atoms with E-state index in [1.807, 2.05) is 37.3 Å². The molecule has 1 aromatic carbocycles. The van der Waals surface area contributed by atoms with Gasteiger partial charge in [-0.25, -0.2) is 4.68 Å². The van der Waals surface area contributed by atoms with Crippen LogP contribution in [0.5, 0.6) is 0 Å². The summed E-state index contributed by atoms with van der Waals surface area (Å²) in [6, 6.07) is 9.90. The van der Waals surface area contributed by atoms with E-state index in [2.05, 4.69) is 25.4 Å². The van der Waals surface area contributed by atoms with Gasteiger partial charge >= 0.3 is 0 Å². The maximum atomic E-state index is 5.43. The summed E-state index contributed by atoms with van der Waals surface area (Å²) < 4.78 is 12.6. The third-order valence-corrected chi connectivity index (χ3v) is 4.67. The summed E-state index contributed by atoms with van der Waals surface area (Å²) in [6.45, 7) is 3.30. The summed E-state index contributed by atoms with van der Waals surface area (Å²) >= 11 is 0. The lowest BCUT2D eigenvalue weighted by Crippen LogP contribution is -2.01. The molecular formula is C18H16N6O2. The molecule has 0 amide bonds. The summed E-state index contributed by atoms with van der Waals surface area (Å²) in [4.78, 5) is 8.99. The van der Waals surface area contributed by atoms with Crippen LogP contribution in [0.2, 0.25) is 0 Å². The van der Waals surface area contributed by atoms with Gasteiger partial charge in [-0.1, -0.05) is 28.6 Å². The Morgan fingerprint density at radius 3 is 3.00 bits per heavy atom. The van der Waals surface area contributed by atoms with E-state index in [-0.39, 0.29) is 5.92 Å². The monoisotopic (exact) mass is 348 g/mol. The van der Waals surface area contributed by atoms with Crippen molar-refractivity contribution in [3.8, 4) is 17.3 Å². The van der Waals surface area contributed by atoms with E-state index in [4.69, 9.17) is 9.26 Å². The van der Waals surface area contributed by atoms with E-state index < -0.39 is 0 Å². The summed E-state index contributed by atoms with van der Waals surface area (Å²) in [5, 5.41) is 13.7. The average molecular weight is 348 g/mol. The first-order valence-corrected chi connectivity index (χ1v) is 8.49. The van der Waals surface area contributed by atoms with E-state index in [1.165, 1.54) is 0 Å². The van der Waals surface area contributed by atoms with Crippen molar-refractivity contribution in [3.63, 3.8) is 0 Å². The van der Waals surface area contributed by atoms with Crippen molar-refractivity contribution >= 4 is 10.9 Å². The minimum atomic E-state index is 0.185. The second-order valence-electron chi connectivity index (χ2n) is 6.31. The minimum absolute atomic E-state index is 0.185. The Hall–Kier alpha value is -3.13. The van der Waals surface area contributed by atoms with Crippen LogP contribution in [0.4, 0.5) is 0 Å². The largest absolute Gasteiger partial charge is 0.381 e. The number of rotatable bonds is 3. The van der Waals surface area contributed by atoms with E-state index in [0.29, 0.717) is 24.0 Å². The van der Waals surface area contributed by atoms with E-state index in [1.54, 1.807) is 10.9 Å². The number of aromatic nitrogens is 6. The third kappa shape index (κ3) is 2.38. The quantitative estimate of drug-likeness (QED) is 0.562. The zero-order chi connectivity index (χ0) is 17.5. The molecule has 5 rings (SSSR count). The van der Waals surface area contributed by atoms with Gasteiger partial charge in [-0.2, -0.15) is 4.98 Å². The first-order chi connectivity index (χ1) is 12.8. The fourth-order valence-electron chi connectivity index (χ4n) is 3.25. The van der Waals surface area contributed by atoms with E-state index in [0.717, 1.165) is 35.3 Å². The minimum Gasteiger partial charge on any atom is -0.381 e. The Balaban J connectivity index is 1.56. The van der Waals surface area contributed by atoms with Gasteiger partial charge in [0.05, 0.1) is 23.5 Å². The van der Waals surface area contributed by atoms with Crippen molar-refractivity contribution in [2.24, 2.45) is 0 Å². The smallest absolute Gasteiger partial charge is 0.280 e. The van der Waals surface area contributed by atoms with Gasteiger partial charge in [0.25, 0.3) is 5.89 Å². The van der Waals surface area contributed by atoms with Crippen LogP contribution in [0, 0.1) is 6.92 Å². The van der Waals surface area contributed by atoms with E-state index in [9.17, 15) is 0 Å². The van der Waals surface area contributed by atoms with Gasteiger partial charge in [0, 0.05) is 24.1 Å². The topological polar surface area (TPSA) is 91.8 Å². The molecule has 0 radical (unpaired) electrons. The highest BCUT2D eigenvalue weighted by atomic mass is 16.5. The normalized spacial score (nSPS) is 17.2. The number of benzene rings is 1. The highest BCUT2D eigenvalue weighted by molar-refractivity contribution is 5.86. The lowest BCUT2D eigenvalue weighted by atomic mass is 10.1. The summed E-state index contributed by atoms with van der Waals surface area (Å²) in [6.07, 6.45) is 2.68. The van der Waals surface area contributed by atoms with Gasteiger partial charge in [0.15, 0.2) is 11.5 Å². The first kappa shape index (κ1) is 15.2. The Morgan fingerprint density at radius 2 is 2.12 bits per heavy atom. The molecule has 0 bridgehead atoms. The predicted molar refractivity (Wildman–Crippen MR) is 92.9 cm³/mol. The zero-order valence-corrected chi connectivity index (χ0v) is 14.2. The Kier molecular flexibility index (Phi) is 3.49. The third-order valence-electron chi connectivity index (χ3n) is 4.67. The van der Waals surface area contributed by atoms with Crippen LogP contribution in [0.15, 0.2) is 41.1 Å². The Labute approximate surface area is 148 Å². The second kappa shape index (κ2) is 5.99. The predicted octanol–water partition coefficient (Wildman–Crippen LogP) is 2.68. The van der Waals surface area contributed by atoms with Gasteiger partial charge in [0.1, 0.15) is 0 Å². The highest BCUT2D eigenvalue weighted by Gasteiger charge is 2.25. The molecule has 1 saturated heterocycles. The van der Waals surface area contributed by atoms with Crippen LogP contribution in [0.3, 0.4) is 0 Å². The first-order valence-electron chi connectivity index (χ1n) is 8.49. The molecule has 0 aliphatic carbocycles. The molecule has 4 heterocycles. The molecule has 8 nitrogen and oxygen atoms in total. The highest BCUT2D eigenvalue weighted by Crippen LogP contribution is 2.28. The molecule has 1 aliphatic heterocycles. The number of hydrogen-bond donors (Lipinski definition) is 0. The zero-order valence-electron chi connectivity index (χ0n) is 14.2. The lowest BCUT2D eigenvalue weighted by molar-refractivity contribution is 0.192. The van der Waals surface area contributed by atoms with Crippen molar-refractivity contribution in [3.05, 3.63) is 48.0 Å². The molecule has 3 aromatic heterocycles. The van der Waals surface area contributed by atoms with Crippen LogP contribution in [-0.4, -0.2) is 43.3 Å². The molecule has 1 aliphatic rings. The second-order valence-corrected chi connectivity index (χ2v) is 6.31. The summed E-state index contributed by atoms with van der Waals surface area (Å²) in [5.74, 6) is 1.23. The van der Waals surface area contributed by atoms with Gasteiger partial charge < -0.3 is 9.26 Å². The Bertz CT molecular complexity index is 1070. The molecule has 0 N–H and O–H groups in total.